The largest absolute Gasteiger partial charge is 0.390 e. The summed E-state index contributed by atoms with van der Waals surface area (Å²) in [6.45, 7) is 8.75. The fourth-order valence-corrected chi connectivity index (χ4v) is 3.64. The molecule has 0 amide bonds. The van der Waals surface area contributed by atoms with Gasteiger partial charge >= 0.3 is 0 Å². The Balaban J connectivity index is 1.91. The number of piperidine rings is 1. The molecular formula is C18H35N5O. The van der Waals surface area contributed by atoms with Gasteiger partial charge in [-0.1, -0.05) is 20.3 Å². The van der Waals surface area contributed by atoms with E-state index in [1.54, 1.807) is 0 Å². The van der Waals surface area contributed by atoms with Gasteiger partial charge in [0.15, 0.2) is 0 Å². The van der Waals surface area contributed by atoms with Gasteiger partial charge in [0.25, 0.3) is 0 Å². The van der Waals surface area contributed by atoms with Crippen LogP contribution in [-0.4, -0.2) is 66.2 Å². The number of aliphatic hydroxyl groups is 1. The van der Waals surface area contributed by atoms with E-state index >= 15 is 0 Å². The van der Waals surface area contributed by atoms with E-state index in [2.05, 4.69) is 48.2 Å². The summed E-state index contributed by atoms with van der Waals surface area (Å²) in [5.74, 6) is 1.52. The van der Waals surface area contributed by atoms with Crippen molar-refractivity contribution in [3.63, 3.8) is 0 Å². The van der Waals surface area contributed by atoms with Crippen LogP contribution in [0.4, 0.5) is 5.82 Å². The zero-order valence-corrected chi connectivity index (χ0v) is 16.0. The maximum absolute atomic E-state index is 10.3. The third-order valence-corrected chi connectivity index (χ3v) is 4.71. The van der Waals surface area contributed by atoms with Crippen LogP contribution >= 0.6 is 0 Å². The van der Waals surface area contributed by atoms with Gasteiger partial charge in [0.2, 0.25) is 0 Å². The van der Waals surface area contributed by atoms with Gasteiger partial charge in [-0.25, -0.2) is 0 Å². The fourth-order valence-electron chi connectivity index (χ4n) is 3.64. The summed E-state index contributed by atoms with van der Waals surface area (Å²) < 4.78 is 1.95. The summed E-state index contributed by atoms with van der Waals surface area (Å²) in [6, 6.07) is 0. The maximum Gasteiger partial charge on any atom is 0.130 e. The highest BCUT2D eigenvalue weighted by atomic mass is 16.3. The predicted molar refractivity (Wildman–Crippen MR) is 99.6 cm³/mol. The van der Waals surface area contributed by atoms with E-state index < -0.39 is 0 Å². The van der Waals surface area contributed by atoms with Crippen LogP contribution in [-0.2, 0) is 13.6 Å². The van der Waals surface area contributed by atoms with Crippen molar-refractivity contribution in [3.8, 4) is 0 Å². The Morgan fingerprint density at radius 3 is 2.46 bits per heavy atom. The van der Waals surface area contributed by atoms with Gasteiger partial charge in [-0.3, -0.25) is 4.68 Å². The molecule has 0 aromatic carbocycles. The van der Waals surface area contributed by atoms with Gasteiger partial charge < -0.3 is 20.2 Å². The van der Waals surface area contributed by atoms with Crippen LogP contribution in [0.2, 0.25) is 0 Å². The average molecular weight is 338 g/mol. The summed E-state index contributed by atoms with van der Waals surface area (Å²) >= 11 is 0. The van der Waals surface area contributed by atoms with Gasteiger partial charge in [0.1, 0.15) is 5.82 Å². The fraction of sp³-hybridized carbons (Fsp3) is 0.833. The molecule has 2 N–H and O–H groups in total. The van der Waals surface area contributed by atoms with Gasteiger partial charge in [0, 0.05) is 46.3 Å². The average Bonchev–Trinajstić information content (AvgIpc) is 2.85. The Kier molecular flexibility index (Phi) is 7.07. The topological polar surface area (TPSA) is 56.6 Å². The summed E-state index contributed by atoms with van der Waals surface area (Å²) in [4.78, 5) is 4.49. The number of nitrogens with zero attached hydrogens (tertiary/aromatic N) is 4. The summed E-state index contributed by atoms with van der Waals surface area (Å²) in [6.07, 6.45) is 3.54. The molecule has 0 aliphatic carbocycles. The van der Waals surface area contributed by atoms with Crippen LogP contribution in [0.1, 0.15) is 50.3 Å². The second-order valence-corrected chi connectivity index (χ2v) is 7.51. The van der Waals surface area contributed by atoms with Gasteiger partial charge in [-0.2, -0.15) is 5.10 Å². The lowest BCUT2D eigenvalue weighted by atomic mass is 10.1. The normalized spacial score (nSPS) is 17.5. The summed E-state index contributed by atoms with van der Waals surface area (Å²) in [7, 11) is 6.10. The predicted octanol–water partition coefficient (Wildman–Crippen LogP) is 1.55. The Morgan fingerprint density at radius 2 is 1.88 bits per heavy atom. The lowest BCUT2D eigenvalue weighted by molar-refractivity contribution is 0.1000. The van der Waals surface area contributed by atoms with Crippen molar-refractivity contribution in [1.29, 1.82) is 0 Å². The molecular weight excluding hydrogens is 302 g/mol. The number of aromatic nitrogens is 2. The highest BCUT2D eigenvalue weighted by molar-refractivity contribution is 5.50. The molecule has 2 heterocycles. The standard InChI is InChI=1S/C18H35N5O/c1-14(2)17-16(18(21(3)4)22(5)20-17)12-19-11-15(24)13-23-9-7-6-8-10-23/h14-15,19,24H,6-13H2,1-5H3/t15-/m1/s1. The van der Waals surface area contributed by atoms with Crippen molar-refractivity contribution < 1.29 is 5.11 Å². The molecule has 1 aliphatic heterocycles. The molecule has 1 atom stereocenters. The minimum Gasteiger partial charge on any atom is -0.390 e. The van der Waals surface area contributed by atoms with E-state index in [1.807, 2.05) is 11.7 Å². The Labute approximate surface area is 146 Å². The van der Waals surface area contributed by atoms with Crippen LogP contribution in [0, 0.1) is 0 Å². The van der Waals surface area contributed by atoms with E-state index in [9.17, 15) is 5.11 Å². The number of likely N-dealkylation sites (tertiary alicyclic amines) is 1. The second-order valence-electron chi connectivity index (χ2n) is 7.51. The van der Waals surface area contributed by atoms with Gasteiger partial charge in [-0.05, 0) is 31.8 Å². The molecule has 1 aromatic heterocycles. The van der Waals surface area contributed by atoms with Crippen molar-refractivity contribution in [1.82, 2.24) is 20.0 Å². The smallest absolute Gasteiger partial charge is 0.130 e. The van der Waals surface area contributed by atoms with E-state index in [-0.39, 0.29) is 6.10 Å². The van der Waals surface area contributed by atoms with Crippen LogP contribution in [0.15, 0.2) is 0 Å². The number of nitrogens with one attached hydrogen (secondary N) is 1. The van der Waals surface area contributed by atoms with E-state index in [0.717, 1.165) is 37.7 Å². The Hall–Kier alpha value is -1.11. The number of hydrogen-bond acceptors (Lipinski definition) is 5. The van der Waals surface area contributed by atoms with Gasteiger partial charge in [0.05, 0.1) is 11.8 Å². The molecule has 138 valence electrons. The minimum absolute atomic E-state index is 0.315. The number of aryl methyl sites for hydroxylation is 1. The zero-order chi connectivity index (χ0) is 17.7. The summed E-state index contributed by atoms with van der Waals surface area (Å²) in [5.41, 5.74) is 2.38. The molecule has 1 aliphatic rings. The molecule has 0 unspecified atom stereocenters. The van der Waals surface area contributed by atoms with Gasteiger partial charge in [-0.15, -0.1) is 0 Å². The molecule has 6 heteroatoms. The zero-order valence-electron chi connectivity index (χ0n) is 16.0. The van der Waals surface area contributed by atoms with Crippen molar-refractivity contribution in [2.75, 3.05) is 45.2 Å². The first kappa shape index (κ1) is 19.2. The number of hydrogen-bond donors (Lipinski definition) is 2. The number of rotatable bonds is 8. The first-order valence-corrected chi connectivity index (χ1v) is 9.24. The third-order valence-electron chi connectivity index (χ3n) is 4.71. The molecule has 0 radical (unpaired) electrons. The van der Waals surface area contributed by atoms with Crippen LogP contribution < -0.4 is 10.2 Å². The minimum atomic E-state index is -0.315. The number of aliphatic hydroxyl groups excluding tert-OH is 1. The quantitative estimate of drug-likeness (QED) is 0.754. The SMILES string of the molecule is CC(C)c1nn(C)c(N(C)C)c1CNC[C@@H](O)CN1CCCCC1. The van der Waals surface area contributed by atoms with Crippen molar-refractivity contribution >= 4 is 5.82 Å². The van der Waals surface area contributed by atoms with E-state index in [1.165, 1.54) is 24.8 Å². The third kappa shape index (κ3) is 4.94. The van der Waals surface area contributed by atoms with Crippen molar-refractivity contribution in [3.05, 3.63) is 11.3 Å². The first-order chi connectivity index (χ1) is 11.4. The van der Waals surface area contributed by atoms with E-state index in [4.69, 9.17) is 0 Å². The number of anilines is 1. The second kappa shape index (κ2) is 8.83. The van der Waals surface area contributed by atoms with E-state index in [0.29, 0.717) is 12.5 Å². The Bertz CT molecular complexity index is 506. The summed E-state index contributed by atoms with van der Waals surface area (Å²) in [5, 5.41) is 18.4. The molecule has 0 bridgehead atoms. The van der Waals surface area contributed by atoms with Crippen LogP contribution in [0.5, 0.6) is 0 Å². The highest BCUT2D eigenvalue weighted by Gasteiger charge is 2.20. The molecule has 1 fully saturated rings. The van der Waals surface area contributed by atoms with Crippen molar-refractivity contribution in [2.24, 2.45) is 7.05 Å². The maximum atomic E-state index is 10.3. The molecule has 1 aromatic rings. The van der Waals surface area contributed by atoms with Crippen LogP contribution in [0.25, 0.3) is 0 Å². The molecule has 2 rings (SSSR count). The van der Waals surface area contributed by atoms with Crippen molar-refractivity contribution in [2.45, 2.75) is 51.7 Å². The highest BCUT2D eigenvalue weighted by Crippen LogP contribution is 2.27. The first-order valence-electron chi connectivity index (χ1n) is 9.24. The monoisotopic (exact) mass is 337 g/mol. The molecule has 0 saturated carbocycles. The molecule has 0 spiro atoms. The lowest BCUT2D eigenvalue weighted by Gasteiger charge is -2.28. The Morgan fingerprint density at radius 1 is 1.21 bits per heavy atom. The molecule has 24 heavy (non-hydrogen) atoms. The lowest BCUT2D eigenvalue weighted by Crippen LogP contribution is -2.40. The molecule has 6 nitrogen and oxygen atoms in total. The number of β-amino-alcohol motifs (C(OH)–C–C–N with tert-alkyl or cyclic N) is 1. The van der Waals surface area contributed by atoms with Crippen LogP contribution in [0.3, 0.4) is 0 Å². The molecule has 1 saturated heterocycles.